The highest BCUT2D eigenvalue weighted by atomic mass is 33.1. The van der Waals surface area contributed by atoms with E-state index in [-0.39, 0.29) is 0 Å². The van der Waals surface area contributed by atoms with Crippen LogP contribution in [0.1, 0.15) is 6.42 Å². The van der Waals surface area contributed by atoms with E-state index in [0.29, 0.717) is 0 Å². The van der Waals surface area contributed by atoms with Gasteiger partial charge in [0.25, 0.3) is 0 Å². The zero-order valence-corrected chi connectivity index (χ0v) is 11.0. The summed E-state index contributed by atoms with van der Waals surface area (Å²) < 4.78 is 0. The van der Waals surface area contributed by atoms with E-state index in [1.165, 1.54) is 17.9 Å². The average molecular weight is 252 g/mol. The molecule has 0 atom stereocenters. The van der Waals surface area contributed by atoms with Gasteiger partial charge in [0.2, 0.25) is 0 Å². The molecule has 0 aromatic heterocycles. The Morgan fingerprint density at radius 1 is 0.769 bits per heavy atom. The maximum absolute atomic E-state index is 3.68. The molecule has 0 unspecified atom stereocenters. The van der Waals surface area contributed by atoms with Gasteiger partial charge in [-0.3, -0.25) is 0 Å². The lowest BCUT2D eigenvalue weighted by atomic mass is 10.6. The molecule has 0 amide bonds. The first-order chi connectivity index (χ1) is 6.41. The molecular weight excluding hydrogens is 236 g/mol. The summed E-state index contributed by atoms with van der Waals surface area (Å²) in [6.07, 6.45) is 5.20. The Hall–Kier alpha value is 0.880. The highest BCUT2D eigenvalue weighted by Crippen LogP contribution is 2.25. The van der Waals surface area contributed by atoms with Crippen molar-refractivity contribution in [2.24, 2.45) is 0 Å². The first-order valence-corrected chi connectivity index (χ1v) is 9.10. The molecule has 0 rings (SSSR count). The molecule has 13 heavy (non-hydrogen) atoms. The Kier molecular flexibility index (Phi) is 13.8. The highest BCUT2D eigenvalue weighted by molar-refractivity contribution is 8.77. The summed E-state index contributed by atoms with van der Waals surface area (Å²) in [5, 5.41) is 0. The van der Waals surface area contributed by atoms with Crippen LogP contribution in [0.15, 0.2) is 25.3 Å². The van der Waals surface area contributed by atoms with E-state index in [4.69, 9.17) is 0 Å². The molecule has 0 aliphatic carbocycles. The van der Waals surface area contributed by atoms with Gasteiger partial charge in [-0.2, -0.15) is 0 Å². The summed E-state index contributed by atoms with van der Waals surface area (Å²) in [5.74, 6) is 4.62. The topological polar surface area (TPSA) is 0 Å². The van der Waals surface area contributed by atoms with Crippen LogP contribution in [0.5, 0.6) is 0 Å². The van der Waals surface area contributed by atoms with E-state index >= 15 is 0 Å². The Balaban J connectivity index is 2.83. The van der Waals surface area contributed by atoms with Gasteiger partial charge in [-0.15, -0.1) is 13.2 Å². The fraction of sp³-hybridized carbons (Fsp3) is 0.556. The normalized spacial score (nSPS) is 9.85. The maximum atomic E-state index is 3.68. The minimum Gasteiger partial charge on any atom is -0.102 e. The molecule has 0 N–H and O–H groups in total. The summed E-state index contributed by atoms with van der Waals surface area (Å²) in [5.41, 5.74) is 0. The molecule has 76 valence electrons. The molecule has 0 aliphatic heterocycles. The number of hydrogen-bond acceptors (Lipinski definition) is 4. The van der Waals surface area contributed by atoms with Crippen molar-refractivity contribution in [3.8, 4) is 0 Å². The molecule has 0 aromatic rings. The molecule has 0 nitrogen and oxygen atoms in total. The summed E-state index contributed by atoms with van der Waals surface area (Å²) in [6.45, 7) is 7.35. The lowest BCUT2D eigenvalue weighted by Crippen LogP contribution is -1.80. The smallest absolute Gasteiger partial charge is 0.0215 e. The first kappa shape index (κ1) is 13.9. The van der Waals surface area contributed by atoms with Crippen molar-refractivity contribution in [1.29, 1.82) is 0 Å². The second-order valence-electron chi connectivity index (χ2n) is 2.14. The van der Waals surface area contributed by atoms with Gasteiger partial charge in [-0.05, 0) is 6.42 Å². The van der Waals surface area contributed by atoms with Crippen LogP contribution in [-0.2, 0) is 0 Å². The molecule has 0 heterocycles. The molecule has 0 aromatic carbocycles. The van der Waals surface area contributed by atoms with E-state index in [1.807, 2.05) is 55.3 Å². The number of hydrogen-bond donors (Lipinski definition) is 0. The van der Waals surface area contributed by atoms with Crippen LogP contribution >= 0.6 is 43.2 Å². The molecule has 0 saturated heterocycles. The van der Waals surface area contributed by atoms with Crippen LogP contribution < -0.4 is 0 Å². The quantitative estimate of drug-likeness (QED) is 0.318. The van der Waals surface area contributed by atoms with E-state index in [1.54, 1.807) is 0 Å². The van der Waals surface area contributed by atoms with Crippen LogP contribution in [0.4, 0.5) is 0 Å². The fourth-order valence-corrected chi connectivity index (χ4v) is 4.38. The van der Waals surface area contributed by atoms with E-state index in [0.717, 1.165) is 11.5 Å². The zero-order valence-electron chi connectivity index (χ0n) is 7.74. The third kappa shape index (κ3) is 12.9. The van der Waals surface area contributed by atoms with Gasteiger partial charge in [0.1, 0.15) is 0 Å². The Morgan fingerprint density at radius 2 is 1.23 bits per heavy atom. The van der Waals surface area contributed by atoms with Gasteiger partial charge in [-0.25, -0.2) is 0 Å². The van der Waals surface area contributed by atoms with E-state index in [9.17, 15) is 0 Å². The van der Waals surface area contributed by atoms with Crippen LogP contribution in [0.2, 0.25) is 0 Å². The third-order valence-electron chi connectivity index (χ3n) is 0.994. The highest BCUT2D eigenvalue weighted by Gasteiger charge is 1.90. The first-order valence-electron chi connectivity index (χ1n) is 4.12. The van der Waals surface area contributed by atoms with Crippen molar-refractivity contribution in [2.45, 2.75) is 6.42 Å². The van der Waals surface area contributed by atoms with Crippen molar-refractivity contribution in [1.82, 2.24) is 0 Å². The minimum absolute atomic E-state index is 1.06. The Bertz CT molecular complexity index is 111. The molecule has 0 spiro atoms. The van der Waals surface area contributed by atoms with Crippen molar-refractivity contribution in [2.75, 3.05) is 23.0 Å². The lowest BCUT2D eigenvalue weighted by Gasteiger charge is -1.98. The monoisotopic (exact) mass is 252 g/mol. The summed E-state index contributed by atoms with van der Waals surface area (Å²) in [6, 6.07) is 0. The van der Waals surface area contributed by atoms with Gasteiger partial charge in [0, 0.05) is 23.0 Å². The fourth-order valence-electron chi connectivity index (χ4n) is 0.487. The van der Waals surface area contributed by atoms with Gasteiger partial charge >= 0.3 is 0 Å². The Morgan fingerprint density at radius 3 is 1.62 bits per heavy atom. The predicted molar refractivity (Wildman–Crippen MR) is 74.8 cm³/mol. The van der Waals surface area contributed by atoms with E-state index < -0.39 is 0 Å². The molecule has 0 aliphatic rings. The zero-order chi connectivity index (χ0) is 9.78. The second kappa shape index (κ2) is 12.9. The van der Waals surface area contributed by atoms with Crippen molar-refractivity contribution in [3.05, 3.63) is 25.3 Å². The van der Waals surface area contributed by atoms with Crippen LogP contribution in [0.3, 0.4) is 0 Å². The molecule has 4 heteroatoms. The minimum atomic E-state index is 1.06. The van der Waals surface area contributed by atoms with Gasteiger partial charge in [-0.1, -0.05) is 55.3 Å². The van der Waals surface area contributed by atoms with Crippen LogP contribution in [-0.4, -0.2) is 23.0 Å². The predicted octanol–water partition coefficient (Wildman–Crippen LogP) is 4.51. The summed E-state index contributed by atoms with van der Waals surface area (Å²) in [4.78, 5) is 0. The summed E-state index contributed by atoms with van der Waals surface area (Å²) in [7, 11) is 7.66. The van der Waals surface area contributed by atoms with Gasteiger partial charge in [0.15, 0.2) is 0 Å². The lowest BCUT2D eigenvalue weighted by molar-refractivity contribution is 1.13. The SMILES string of the molecule is C=CCSSCCCSSCC=C. The van der Waals surface area contributed by atoms with Crippen LogP contribution in [0.25, 0.3) is 0 Å². The third-order valence-corrected chi connectivity index (χ3v) is 5.80. The maximum Gasteiger partial charge on any atom is 0.0215 e. The van der Waals surface area contributed by atoms with Crippen LogP contribution in [0, 0.1) is 0 Å². The standard InChI is InChI=1S/C9H16S4/c1-3-6-10-12-8-5-9-13-11-7-4-2/h3-4H,1-2,5-9H2. The molecule has 0 bridgehead atoms. The Labute approximate surface area is 97.6 Å². The molecular formula is C9H16S4. The second-order valence-corrected chi connectivity index (χ2v) is 7.40. The van der Waals surface area contributed by atoms with Crippen molar-refractivity contribution < 1.29 is 0 Å². The van der Waals surface area contributed by atoms with E-state index in [2.05, 4.69) is 13.2 Å². The van der Waals surface area contributed by atoms with Crippen molar-refractivity contribution >= 4 is 43.2 Å². The molecule has 0 fully saturated rings. The number of rotatable bonds is 10. The summed E-state index contributed by atoms with van der Waals surface area (Å²) >= 11 is 0. The van der Waals surface area contributed by atoms with Gasteiger partial charge < -0.3 is 0 Å². The average Bonchev–Trinajstić information content (AvgIpc) is 2.16. The van der Waals surface area contributed by atoms with Crippen molar-refractivity contribution in [3.63, 3.8) is 0 Å². The van der Waals surface area contributed by atoms with Gasteiger partial charge in [0.05, 0.1) is 0 Å². The molecule has 0 saturated carbocycles. The largest absolute Gasteiger partial charge is 0.102 e. The molecule has 0 radical (unpaired) electrons.